The molecular weight excluding hydrogens is 265 g/mol. The highest BCUT2D eigenvalue weighted by molar-refractivity contribution is 5.75. The molecule has 0 aliphatic heterocycles. The Hall–Kier alpha value is -1.42. The van der Waals surface area contributed by atoms with E-state index in [0.29, 0.717) is 19.3 Å². The maximum atomic E-state index is 15.1. The molecule has 0 radical (unpaired) electrons. The molecule has 2 N–H and O–H groups in total. The molecule has 1 fully saturated rings. The van der Waals surface area contributed by atoms with Crippen LogP contribution in [-0.2, 0) is 13.0 Å². The van der Waals surface area contributed by atoms with Crippen molar-refractivity contribution in [3.8, 4) is 0 Å². The number of aryl methyl sites for hydroxylation is 1. The summed E-state index contributed by atoms with van der Waals surface area (Å²) in [5.41, 5.74) is 6.85. The zero-order chi connectivity index (χ0) is 14.9. The molecule has 3 rings (SSSR count). The number of aromatic nitrogens is 2. The van der Waals surface area contributed by atoms with Crippen LogP contribution >= 0.6 is 0 Å². The number of nitrogens with two attached hydrogens (primary N) is 1. The highest BCUT2D eigenvalue weighted by Gasteiger charge is 2.36. The Labute approximate surface area is 125 Å². The summed E-state index contributed by atoms with van der Waals surface area (Å²) in [6.45, 7) is 3.03. The first-order valence-corrected chi connectivity index (χ1v) is 8.00. The van der Waals surface area contributed by atoms with Gasteiger partial charge in [-0.2, -0.15) is 0 Å². The fourth-order valence-corrected chi connectivity index (χ4v) is 3.53. The molecule has 0 saturated heterocycles. The van der Waals surface area contributed by atoms with Gasteiger partial charge in [-0.1, -0.05) is 19.1 Å². The number of alkyl halides is 1. The monoisotopic (exact) mass is 289 g/mol. The van der Waals surface area contributed by atoms with Gasteiger partial charge in [0, 0.05) is 19.0 Å². The van der Waals surface area contributed by atoms with Crippen LogP contribution in [-0.4, -0.2) is 21.3 Å². The number of benzene rings is 1. The Morgan fingerprint density at radius 2 is 2.24 bits per heavy atom. The maximum absolute atomic E-state index is 15.1. The van der Waals surface area contributed by atoms with E-state index < -0.39 is 5.67 Å². The Morgan fingerprint density at radius 3 is 3.00 bits per heavy atom. The number of imidazole rings is 1. The quantitative estimate of drug-likeness (QED) is 0.934. The average Bonchev–Trinajstić information content (AvgIpc) is 2.76. The number of rotatable bonds is 4. The molecular formula is C17H24FN3. The molecule has 21 heavy (non-hydrogen) atoms. The summed E-state index contributed by atoms with van der Waals surface area (Å²) >= 11 is 0. The molecule has 3 nitrogen and oxygen atoms in total. The van der Waals surface area contributed by atoms with Crippen molar-refractivity contribution < 1.29 is 4.39 Å². The van der Waals surface area contributed by atoms with E-state index in [0.717, 1.165) is 42.7 Å². The number of halogens is 1. The molecule has 4 heteroatoms. The summed E-state index contributed by atoms with van der Waals surface area (Å²) in [5.74, 6) is 0.870. The Bertz CT molecular complexity index is 622. The maximum Gasteiger partial charge on any atom is 0.119 e. The summed E-state index contributed by atoms with van der Waals surface area (Å²) in [4.78, 5) is 4.68. The predicted octanol–water partition coefficient (Wildman–Crippen LogP) is 3.60. The van der Waals surface area contributed by atoms with Gasteiger partial charge in [0.2, 0.25) is 0 Å². The van der Waals surface area contributed by atoms with Crippen molar-refractivity contribution in [1.82, 2.24) is 9.55 Å². The lowest BCUT2D eigenvalue weighted by molar-refractivity contribution is 0.0932. The molecule has 1 aliphatic rings. The fraction of sp³-hybridized carbons (Fsp3) is 0.588. The van der Waals surface area contributed by atoms with Gasteiger partial charge in [-0.15, -0.1) is 0 Å². The zero-order valence-electron chi connectivity index (χ0n) is 12.7. The lowest BCUT2D eigenvalue weighted by Crippen LogP contribution is -2.40. The molecule has 2 aromatic rings. The van der Waals surface area contributed by atoms with E-state index >= 15 is 4.39 Å². The molecule has 1 heterocycles. The van der Waals surface area contributed by atoms with Crippen LogP contribution in [0.3, 0.4) is 0 Å². The van der Waals surface area contributed by atoms with E-state index in [2.05, 4.69) is 22.5 Å². The normalized spacial score (nSPS) is 26.3. The number of nitrogens with zero attached hydrogens (tertiary/aromatic N) is 2. The van der Waals surface area contributed by atoms with Crippen LogP contribution in [0.5, 0.6) is 0 Å². The standard InChI is InChI=1S/C17H24FN3/c1-2-10-21-15-8-4-3-7-14(15)20-16(21)12-17(18)9-5-6-13(19)11-17/h3-4,7-8,13H,2,5-6,9-12,19H2,1H3. The molecule has 2 atom stereocenters. The minimum atomic E-state index is -1.19. The van der Waals surface area contributed by atoms with Crippen LogP contribution in [0.1, 0.15) is 44.9 Å². The Morgan fingerprint density at radius 1 is 1.43 bits per heavy atom. The Balaban J connectivity index is 1.94. The number of fused-ring (bicyclic) bond motifs is 1. The van der Waals surface area contributed by atoms with Crippen molar-refractivity contribution in [2.45, 2.75) is 63.7 Å². The Kier molecular flexibility index (Phi) is 3.98. The highest BCUT2D eigenvalue weighted by Crippen LogP contribution is 2.34. The SMILES string of the molecule is CCCn1c(CC2(F)CCCC(N)C2)nc2ccccc21. The third-order valence-electron chi connectivity index (χ3n) is 4.48. The first-order valence-electron chi connectivity index (χ1n) is 8.00. The van der Waals surface area contributed by atoms with Crippen LogP contribution in [0.15, 0.2) is 24.3 Å². The third kappa shape index (κ3) is 2.95. The molecule has 0 bridgehead atoms. The number of para-hydroxylation sites is 2. The third-order valence-corrected chi connectivity index (χ3v) is 4.48. The van der Waals surface area contributed by atoms with Crippen LogP contribution in [0.25, 0.3) is 11.0 Å². The van der Waals surface area contributed by atoms with Gasteiger partial charge in [-0.3, -0.25) is 0 Å². The van der Waals surface area contributed by atoms with Gasteiger partial charge in [-0.25, -0.2) is 9.37 Å². The molecule has 0 spiro atoms. The highest BCUT2D eigenvalue weighted by atomic mass is 19.1. The van der Waals surface area contributed by atoms with Crippen molar-refractivity contribution in [2.75, 3.05) is 0 Å². The van der Waals surface area contributed by atoms with E-state index in [-0.39, 0.29) is 6.04 Å². The van der Waals surface area contributed by atoms with Crippen molar-refractivity contribution in [3.63, 3.8) is 0 Å². The van der Waals surface area contributed by atoms with Crippen molar-refractivity contribution in [3.05, 3.63) is 30.1 Å². The summed E-state index contributed by atoms with van der Waals surface area (Å²) < 4.78 is 17.3. The topological polar surface area (TPSA) is 43.8 Å². The molecule has 1 aliphatic carbocycles. The van der Waals surface area contributed by atoms with Crippen LogP contribution in [0, 0.1) is 0 Å². The van der Waals surface area contributed by atoms with Crippen molar-refractivity contribution >= 4 is 11.0 Å². The molecule has 114 valence electrons. The van der Waals surface area contributed by atoms with Gasteiger partial charge < -0.3 is 10.3 Å². The first kappa shape index (κ1) is 14.5. The van der Waals surface area contributed by atoms with E-state index in [1.807, 2.05) is 18.2 Å². The number of hydrogen-bond donors (Lipinski definition) is 1. The second kappa shape index (κ2) is 5.76. The molecule has 0 amide bonds. The van der Waals surface area contributed by atoms with Crippen LogP contribution in [0.4, 0.5) is 4.39 Å². The molecule has 1 saturated carbocycles. The predicted molar refractivity (Wildman–Crippen MR) is 84.0 cm³/mol. The van der Waals surface area contributed by atoms with E-state index in [1.54, 1.807) is 0 Å². The molecule has 2 unspecified atom stereocenters. The average molecular weight is 289 g/mol. The summed E-state index contributed by atoms with van der Waals surface area (Å²) in [5, 5.41) is 0. The van der Waals surface area contributed by atoms with Gasteiger partial charge in [0.15, 0.2) is 0 Å². The minimum absolute atomic E-state index is 0.00671. The fourth-order valence-electron chi connectivity index (χ4n) is 3.53. The summed E-state index contributed by atoms with van der Waals surface area (Å²) in [6.07, 6.45) is 4.29. The lowest BCUT2D eigenvalue weighted by atomic mass is 9.81. The van der Waals surface area contributed by atoms with Crippen LogP contribution in [0.2, 0.25) is 0 Å². The van der Waals surface area contributed by atoms with Crippen LogP contribution < -0.4 is 5.73 Å². The van der Waals surface area contributed by atoms with Gasteiger partial charge in [0.25, 0.3) is 0 Å². The van der Waals surface area contributed by atoms with Crippen molar-refractivity contribution in [2.24, 2.45) is 5.73 Å². The second-order valence-corrected chi connectivity index (χ2v) is 6.35. The van der Waals surface area contributed by atoms with Gasteiger partial charge in [0.1, 0.15) is 11.5 Å². The van der Waals surface area contributed by atoms with E-state index in [4.69, 9.17) is 5.73 Å². The van der Waals surface area contributed by atoms with Crippen molar-refractivity contribution in [1.29, 1.82) is 0 Å². The largest absolute Gasteiger partial charge is 0.328 e. The second-order valence-electron chi connectivity index (χ2n) is 6.35. The van der Waals surface area contributed by atoms with Gasteiger partial charge >= 0.3 is 0 Å². The number of hydrogen-bond acceptors (Lipinski definition) is 2. The zero-order valence-corrected chi connectivity index (χ0v) is 12.7. The summed E-state index contributed by atoms with van der Waals surface area (Å²) in [7, 11) is 0. The molecule has 1 aromatic carbocycles. The van der Waals surface area contributed by atoms with E-state index in [9.17, 15) is 0 Å². The van der Waals surface area contributed by atoms with E-state index in [1.165, 1.54) is 0 Å². The summed E-state index contributed by atoms with van der Waals surface area (Å²) in [6, 6.07) is 8.06. The molecule has 1 aromatic heterocycles. The lowest BCUT2D eigenvalue weighted by Gasteiger charge is -2.33. The first-order chi connectivity index (χ1) is 10.1. The van der Waals surface area contributed by atoms with Gasteiger partial charge in [-0.05, 0) is 44.2 Å². The minimum Gasteiger partial charge on any atom is -0.328 e. The smallest absolute Gasteiger partial charge is 0.119 e. The van der Waals surface area contributed by atoms with Gasteiger partial charge in [0.05, 0.1) is 11.0 Å².